The third kappa shape index (κ3) is 3.22. The van der Waals surface area contributed by atoms with Crippen LogP contribution in [0.2, 0.25) is 0 Å². The van der Waals surface area contributed by atoms with Crippen molar-refractivity contribution in [3.05, 3.63) is 60.2 Å². The highest BCUT2D eigenvalue weighted by atomic mass is 16.2. The van der Waals surface area contributed by atoms with Gasteiger partial charge in [-0.3, -0.25) is 4.79 Å². The number of rotatable bonds is 2. The van der Waals surface area contributed by atoms with E-state index >= 15 is 0 Å². The van der Waals surface area contributed by atoms with Gasteiger partial charge in [-0.15, -0.1) is 0 Å². The molecule has 0 aromatic heterocycles. The van der Waals surface area contributed by atoms with Gasteiger partial charge < -0.3 is 4.90 Å². The lowest BCUT2D eigenvalue weighted by molar-refractivity contribution is 0.0623. The summed E-state index contributed by atoms with van der Waals surface area (Å²) in [6.07, 6.45) is 1.22. The van der Waals surface area contributed by atoms with Crippen molar-refractivity contribution in [2.24, 2.45) is 11.8 Å². The minimum atomic E-state index is 0.165. The Hall–Kier alpha value is -2.09. The number of benzene rings is 2. The summed E-state index contributed by atoms with van der Waals surface area (Å²) in [5.74, 6) is 1.35. The molecule has 0 spiro atoms. The predicted octanol–water partition coefficient (Wildman–Crippen LogP) is 4.47. The van der Waals surface area contributed by atoms with Gasteiger partial charge in [-0.2, -0.15) is 0 Å². The van der Waals surface area contributed by atoms with Crippen molar-refractivity contribution in [3.63, 3.8) is 0 Å². The molecule has 0 saturated carbocycles. The van der Waals surface area contributed by atoms with Gasteiger partial charge in [0.15, 0.2) is 0 Å². The molecule has 114 valence electrons. The summed E-state index contributed by atoms with van der Waals surface area (Å²) in [6, 6.07) is 18.2. The van der Waals surface area contributed by atoms with E-state index in [2.05, 4.69) is 26.0 Å². The number of carbonyl (C=O) groups is 1. The van der Waals surface area contributed by atoms with E-state index in [0.717, 1.165) is 24.2 Å². The largest absolute Gasteiger partial charge is 0.338 e. The zero-order valence-corrected chi connectivity index (χ0v) is 13.3. The molecule has 2 heteroatoms. The molecule has 1 saturated heterocycles. The molecule has 22 heavy (non-hydrogen) atoms. The molecule has 0 aliphatic carbocycles. The lowest BCUT2D eigenvalue weighted by atomic mass is 9.91. The van der Waals surface area contributed by atoms with Gasteiger partial charge in [-0.25, -0.2) is 0 Å². The monoisotopic (exact) mass is 293 g/mol. The smallest absolute Gasteiger partial charge is 0.253 e. The van der Waals surface area contributed by atoms with Gasteiger partial charge >= 0.3 is 0 Å². The summed E-state index contributed by atoms with van der Waals surface area (Å²) in [5, 5.41) is 0. The van der Waals surface area contributed by atoms with Gasteiger partial charge in [0, 0.05) is 18.7 Å². The Morgan fingerprint density at radius 1 is 0.864 bits per heavy atom. The van der Waals surface area contributed by atoms with Gasteiger partial charge in [0.1, 0.15) is 0 Å². The molecular formula is C20H23NO. The van der Waals surface area contributed by atoms with Crippen LogP contribution in [-0.4, -0.2) is 23.9 Å². The lowest BCUT2D eigenvalue weighted by Crippen LogP contribution is -2.42. The number of hydrogen-bond acceptors (Lipinski definition) is 1. The van der Waals surface area contributed by atoms with E-state index in [1.54, 1.807) is 0 Å². The Kier molecular flexibility index (Phi) is 4.28. The zero-order chi connectivity index (χ0) is 15.5. The number of likely N-dealkylation sites (tertiary alicyclic amines) is 1. The fourth-order valence-electron chi connectivity index (χ4n) is 3.45. The van der Waals surface area contributed by atoms with Crippen LogP contribution < -0.4 is 0 Å². The second-order valence-corrected chi connectivity index (χ2v) is 6.60. The van der Waals surface area contributed by atoms with Crippen LogP contribution in [0.25, 0.3) is 11.1 Å². The van der Waals surface area contributed by atoms with E-state index in [0.29, 0.717) is 11.8 Å². The lowest BCUT2D eigenvalue weighted by Gasteiger charge is -2.35. The van der Waals surface area contributed by atoms with Crippen LogP contribution in [0.15, 0.2) is 54.6 Å². The summed E-state index contributed by atoms with van der Waals surface area (Å²) >= 11 is 0. The fourth-order valence-corrected chi connectivity index (χ4v) is 3.45. The number of amides is 1. The first-order valence-electron chi connectivity index (χ1n) is 8.08. The second-order valence-electron chi connectivity index (χ2n) is 6.60. The van der Waals surface area contributed by atoms with Crippen LogP contribution in [0.1, 0.15) is 30.6 Å². The van der Waals surface area contributed by atoms with Crippen LogP contribution in [0.3, 0.4) is 0 Å². The SMILES string of the molecule is C[C@@H]1C[C@H](C)CN(C(=O)c2ccc(-c3ccccc3)cc2)C1. The zero-order valence-electron chi connectivity index (χ0n) is 13.3. The van der Waals surface area contributed by atoms with Crippen LogP contribution >= 0.6 is 0 Å². The minimum Gasteiger partial charge on any atom is -0.338 e. The molecule has 0 N–H and O–H groups in total. The van der Waals surface area contributed by atoms with Gasteiger partial charge in [-0.05, 0) is 41.5 Å². The first-order valence-corrected chi connectivity index (χ1v) is 8.08. The van der Waals surface area contributed by atoms with Crippen molar-refractivity contribution in [1.29, 1.82) is 0 Å². The molecule has 2 nitrogen and oxygen atoms in total. The molecule has 0 radical (unpaired) electrons. The standard InChI is InChI=1S/C20H23NO/c1-15-12-16(2)14-21(13-15)20(22)19-10-8-18(9-11-19)17-6-4-3-5-7-17/h3-11,15-16H,12-14H2,1-2H3/t15-,16+. The normalized spacial score (nSPS) is 21.6. The molecule has 1 fully saturated rings. The van der Waals surface area contributed by atoms with Crippen LogP contribution in [0.5, 0.6) is 0 Å². The number of carbonyl (C=O) groups excluding carboxylic acids is 1. The molecule has 3 rings (SSSR count). The number of hydrogen-bond donors (Lipinski definition) is 0. The highest BCUT2D eigenvalue weighted by molar-refractivity contribution is 5.94. The molecule has 0 unspecified atom stereocenters. The minimum absolute atomic E-state index is 0.165. The van der Waals surface area contributed by atoms with Crippen LogP contribution in [0.4, 0.5) is 0 Å². The van der Waals surface area contributed by atoms with Crippen molar-refractivity contribution in [1.82, 2.24) is 4.90 Å². The first kappa shape index (κ1) is 14.8. The summed E-state index contributed by atoms with van der Waals surface area (Å²) in [4.78, 5) is 14.7. The highest BCUT2D eigenvalue weighted by Crippen LogP contribution is 2.24. The van der Waals surface area contributed by atoms with Crippen molar-refractivity contribution in [2.45, 2.75) is 20.3 Å². The molecule has 2 aromatic rings. The quantitative estimate of drug-likeness (QED) is 0.800. The Labute approximate surface area is 132 Å². The summed E-state index contributed by atoms with van der Waals surface area (Å²) in [6.45, 7) is 6.22. The summed E-state index contributed by atoms with van der Waals surface area (Å²) < 4.78 is 0. The average Bonchev–Trinajstić information content (AvgIpc) is 2.54. The van der Waals surface area contributed by atoms with E-state index in [1.807, 2.05) is 47.4 Å². The fraction of sp³-hybridized carbons (Fsp3) is 0.350. The molecule has 2 atom stereocenters. The Balaban J connectivity index is 1.76. The highest BCUT2D eigenvalue weighted by Gasteiger charge is 2.25. The Morgan fingerprint density at radius 3 is 2.00 bits per heavy atom. The van der Waals surface area contributed by atoms with Crippen LogP contribution in [0, 0.1) is 11.8 Å². The van der Waals surface area contributed by atoms with Crippen molar-refractivity contribution >= 4 is 5.91 Å². The third-order valence-electron chi connectivity index (χ3n) is 4.40. The van der Waals surface area contributed by atoms with E-state index in [9.17, 15) is 4.79 Å². The predicted molar refractivity (Wildman–Crippen MR) is 90.7 cm³/mol. The maximum absolute atomic E-state index is 12.7. The number of nitrogens with zero attached hydrogens (tertiary/aromatic N) is 1. The average molecular weight is 293 g/mol. The maximum atomic E-state index is 12.7. The topological polar surface area (TPSA) is 20.3 Å². The van der Waals surface area contributed by atoms with Crippen molar-refractivity contribution in [2.75, 3.05) is 13.1 Å². The molecule has 1 aliphatic rings. The van der Waals surface area contributed by atoms with Gasteiger partial charge in [0.25, 0.3) is 5.91 Å². The van der Waals surface area contributed by atoms with Gasteiger partial charge in [0.2, 0.25) is 0 Å². The van der Waals surface area contributed by atoms with Crippen molar-refractivity contribution < 1.29 is 4.79 Å². The van der Waals surface area contributed by atoms with E-state index in [-0.39, 0.29) is 5.91 Å². The van der Waals surface area contributed by atoms with Crippen LogP contribution in [-0.2, 0) is 0 Å². The van der Waals surface area contributed by atoms with E-state index in [4.69, 9.17) is 0 Å². The Morgan fingerprint density at radius 2 is 1.41 bits per heavy atom. The van der Waals surface area contributed by atoms with Gasteiger partial charge in [0.05, 0.1) is 0 Å². The van der Waals surface area contributed by atoms with E-state index < -0.39 is 0 Å². The first-order chi connectivity index (χ1) is 10.6. The summed E-state index contributed by atoms with van der Waals surface area (Å²) in [7, 11) is 0. The van der Waals surface area contributed by atoms with E-state index in [1.165, 1.54) is 12.0 Å². The number of piperidine rings is 1. The molecule has 2 aromatic carbocycles. The Bertz CT molecular complexity index is 623. The van der Waals surface area contributed by atoms with Gasteiger partial charge in [-0.1, -0.05) is 56.3 Å². The third-order valence-corrected chi connectivity index (χ3v) is 4.40. The molecule has 1 heterocycles. The molecule has 1 amide bonds. The maximum Gasteiger partial charge on any atom is 0.253 e. The molecule has 0 bridgehead atoms. The molecular weight excluding hydrogens is 270 g/mol. The molecule has 1 aliphatic heterocycles. The second kappa shape index (κ2) is 6.35. The summed E-state index contributed by atoms with van der Waals surface area (Å²) in [5.41, 5.74) is 3.13. The van der Waals surface area contributed by atoms with Crippen molar-refractivity contribution in [3.8, 4) is 11.1 Å².